The number of benzene rings is 11. The topological polar surface area (TPSA) is 6.48 Å². The van der Waals surface area contributed by atoms with Crippen molar-refractivity contribution in [2.75, 3.05) is 16.8 Å². The van der Waals surface area contributed by atoms with Crippen LogP contribution in [0.15, 0.2) is 261 Å². The number of nitrogens with zero attached hydrogens (tertiary/aromatic N) is 2. The van der Waals surface area contributed by atoms with E-state index in [-0.39, 0.29) is 0 Å². The summed E-state index contributed by atoms with van der Waals surface area (Å²) in [5, 5.41) is 4.97. The molecule has 1 aliphatic rings. The summed E-state index contributed by atoms with van der Waals surface area (Å²) in [5.41, 5.74) is 17.6. The van der Waals surface area contributed by atoms with Crippen molar-refractivity contribution in [1.82, 2.24) is 0 Å². The van der Waals surface area contributed by atoms with Gasteiger partial charge in [0, 0.05) is 41.0 Å². The van der Waals surface area contributed by atoms with Gasteiger partial charge in [0.2, 0.25) is 0 Å². The van der Waals surface area contributed by atoms with E-state index in [1.807, 2.05) is 0 Å². The van der Waals surface area contributed by atoms with Crippen LogP contribution in [-0.4, -0.2) is 7.05 Å². The van der Waals surface area contributed by atoms with Crippen molar-refractivity contribution in [2.45, 2.75) is 5.41 Å². The Morgan fingerprint density at radius 2 is 0.853 bits per heavy atom. The number of para-hydroxylation sites is 2. The highest BCUT2D eigenvalue weighted by Gasteiger charge is 2.47. The van der Waals surface area contributed by atoms with E-state index in [9.17, 15) is 0 Å². The molecule has 0 amide bonds. The van der Waals surface area contributed by atoms with Gasteiger partial charge in [0.05, 0.1) is 5.41 Å². The van der Waals surface area contributed by atoms with Gasteiger partial charge < -0.3 is 9.80 Å². The third kappa shape index (κ3) is 7.36. The second kappa shape index (κ2) is 18.5. The van der Waals surface area contributed by atoms with Crippen LogP contribution >= 0.6 is 20.7 Å². The van der Waals surface area contributed by atoms with E-state index in [0.29, 0.717) is 0 Å². The molecule has 0 N–H and O–H groups in total. The van der Waals surface area contributed by atoms with Crippen molar-refractivity contribution in [1.29, 1.82) is 0 Å². The molecule has 68 heavy (non-hydrogen) atoms. The number of anilines is 5. The van der Waals surface area contributed by atoms with Gasteiger partial charge in [-0.3, -0.25) is 0 Å². The Hall–Kier alpha value is -7.68. The van der Waals surface area contributed by atoms with Crippen molar-refractivity contribution in [3.8, 4) is 33.4 Å². The maximum atomic E-state index is 3.44. The van der Waals surface area contributed by atoms with Crippen LogP contribution in [0.25, 0.3) is 54.9 Å². The first-order chi connectivity index (χ1) is 33.7. The summed E-state index contributed by atoms with van der Waals surface area (Å²) in [6.07, 6.45) is 0. The molecule has 0 fully saturated rings. The lowest BCUT2D eigenvalue weighted by molar-refractivity contribution is 0.769. The Balaban J connectivity index is 0.00000250. The summed E-state index contributed by atoms with van der Waals surface area (Å²) < 4.78 is 0. The first-order valence-electron chi connectivity index (χ1n) is 23.1. The molecule has 0 radical (unpaired) electrons. The second-order valence-corrected chi connectivity index (χ2v) is 17.3. The molecule has 0 spiro atoms. The molecule has 2 nitrogen and oxygen atoms in total. The Kier molecular flexibility index (Phi) is 11.7. The number of fused-ring (bicyclic) bond motifs is 6. The maximum absolute atomic E-state index is 3.44. The van der Waals surface area contributed by atoms with Crippen molar-refractivity contribution >= 4 is 70.7 Å². The normalized spacial score (nSPS) is 12.2. The molecule has 1 aliphatic carbocycles. The van der Waals surface area contributed by atoms with Gasteiger partial charge in [-0.2, -0.15) is 12.2 Å². The molecular formula is C64H49N2PS. The zero-order valence-corrected chi connectivity index (χ0v) is 39.8. The highest BCUT2D eigenvalue weighted by atomic mass is 32.7. The lowest BCUT2D eigenvalue weighted by Crippen LogP contribution is -2.28. The number of hydrogen-bond donors (Lipinski definition) is 1. The largest absolute Gasteiger partial charge is 0.344 e. The van der Waals surface area contributed by atoms with E-state index in [2.05, 4.69) is 298 Å². The molecule has 1 unspecified atom stereocenters. The zero-order chi connectivity index (χ0) is 46.0. The number of thiol groups is 1. The fourth-order valence-electron chi connectivity index (χ4n) is 10.7. The van der Waals surface area contributed by atoms with Gasteiger partial charge in [0.1, 0.15) is 0 Å². The van der Waals surface area contributed by atoms with Gasteiger partial charge in [-0.25, -0.2) is 0 Å². The average Bonchev–Trinajstić information content (AvgIpc) is 3.73. The summed E-state index contributed by atoms with van der Waals surface area (Å²) in [6.45, 7) is 0. The van der Waals surface area contributed by atoms with Gasteiger partial charge in [-0.05, 0) is 126 Å². The quantitative estimate of drug-likeness (QED) is 0.114. The Morgan fingerprint density at radius 1 is 0.353 bits per heavy atom. The summed E-state index contributed by atoms with van der Waals surface area (Å²) in [6, 6.07) is 95.5. The first kappa shape index (κ1) is 42.9. The van der Waals surface area contributed by atoms with Gasteiger partial charge >= 0.3 is 0 Å². The fraction of sp³-hybridized carbons (Fsp3) is 0.0312. The molecule has 11 aromatic carbocycles. The monoisotopic (exact) mass is 908 g/mol. The van der Waals surface area contributed by atoms with Gasteiger partial charge in [-0.15, -0.1) is 0 Å². The van der Waals surface area contributed by atoms with E-state index >= 15 is 0 Å². The minimum absolute atomic E-state index is 0.521. The molecular weight excluding hydrogens is 860 g/mol. The van der Waals surface area contributed by atoms with Crippen LogP contribution in [-0.2, 0) is 5.41 Å². The van der Waals surface area contributed by atoms with Crippen LogP contribution in [0.3, 0.4) is 0 Å². The third-order valence-electron chi connectivity index (χ3n) is 13.7. The van der Waals surface area contributed by atoms with Crippen LogP contribution in [0.4, 0.5) is 28.4 Å². The molecule has 12 rings (SSSR count). The molecule has 0 bridgehead atoms. The SMILES string of the molecule is CN(c1ccc2c(c1)C(c1ccccc1)(c1ccccc1)c1ccc3ccccc3c1-2)c1ccc2ccccc2c1-c1ccc(-c2cccc(N(c3ccccc3)c3ccccc3)c2)cc1.PS. The summed E-state index contributed by atoms with van der Waals surface area (Å²) >= 11 is 3.44. The van der Waals surface area contributed by atoms with Crippen molar-refractivity contribution < 1.29 is 0 Å². The van der Waals surface area contributed by atoms with E-state index in [4.69, 9.17) is 0 Å². The van der Waals surface area contributed by atoms with E-state index in [1.165, 1.54) is 77.2 Å². The molecule has 0 saturated heterocycles. The van der Waals surface area contributed by atoms with Crippen LogP contribution < -0.4 is 9.80 Å². The van der Waals surface area contributed by atoms with E-state index < -0.39 is 5.41 Å². The maximum Gasteiger partial charge on any atom is 0.0714 e. The van der Waals surface area contributed by atoms with Gasteiger partial charge in [-0.1, -0.05) is 215 Å². The molecule has 0 aliphatic heterocycles. The number of hydrogen-bond acceptors (Lipinski definition) is 3. The van der Waals surface area contributed by atoms with Crippen molar-refractivity contribution in [3.05, 3.63) is 283 Å². The van der Waals surface area contributed by atoms with Crippen LogP contribution in [0.2, 0.25) is 0 Å². The highest BCUT2D eigenvalue weighted by molar-refractivity contribution is 8.31. The second-order valence-electron chi connectivity index (χ2n) is 17.3. The highest BCUT2D eigenvalue weighted by Crippen LogP contribution is 2.58. The predicted molar refractivity (Wildman–Crippen MR) is 298 cm³/mol. The lowest BCUT2D eigenvalue weighted by atomic mass is 9.67. The molecule has 326 valence electrons. The Bertz CT molecular complexity index is 3460. The molecule has 1 atom stereocenters. The molecule has 0 heterocycles. The summed E-state index contributed by atoms with van der Waals surface area (Å²) in [4.78, 5) is 4.71. The third-order valence-corrected chi connectivity index (χ3v) is 13.7. The molecule has 0 aromatic heterocycles. The van der Waals surface area contributed by atoms with Crippen molar-refractivity contribution in [2.24, 2.45) is 0 Å². The van der Waals surface area contributed by atoms with Gasteiger partial charge in [0.15, 0.2) is 0 Å². The minimum atomic E-state index is -0.521. The van der Waals surface area contributed by atoms with Crippen LogP contribution in [0, 0.1) is 0 Å². The van der Waals surface area contributed by atoms with Crippen LogP contribution in [0.1, 0.15) is 22.3 Å². The lowest BCUT2D eigenvalue weighted by Gasteiger charge is -2.34. The molecule has 0 saturated carbocycles. The van der Waals surface area contributed by atoms with Crippen molar-refractivity contribution in [3.63, 3.8) is 0 Å². The average molecular weight is 909 g/mol. The minimum Gasteiger partial charge on any atom is -0.344 e. The molecule has 4 heteroatoms. The smallest absolute Gasteiger partial charge is 0.0714 e. The number of rotatable bonds is 9. The van der Waals surface area contributed by atoms with Gasteiger partial charge in [0.25, 0.3) is 0 Å². The summed E-state index contributed by atoms with van der Waals surface area (Å²) in [5.74, 6) is 0. The summed E-state index contributed by atoms with van der Waals surface area (Å²) in [7, 11) is 4.34. The standard InChI is InChI=1S/C64H46N2.H3PS/c1-65(54-39-40-58-60(44-54)64(50-22-6-2-7-23-50,51-24-8-3-9-25-51)59-41-37-46-19-15-17-32-57(46)63(58)59)61-42-38-47-20-14-16-31-56(47)62(61)48-35-33-45(34-36-48)49-21-18-30-55(43-49)66(52-26-10-4-11-27-52)53-28-12-5-13-29-53;1-2/h2-44H,1H3;2H,1H2. The molecule has 11 aromatic rings. The Labute approximate surface area is 407 Å². The van der Waals surface area contributed by atoms with E-state index in [1.54, 1.807) is 0 Å². The zero-order valence-electron chi connectivity index (χ0n) is 37.7. The van der Waals surface area contributed by atoms with E-state index in [0.717, 1.165) is 28.4 Å². The first-order valence-corrected chi connectivity index (χ1v) is 25.1. The van der Waals surface area contributed by atoms with Crippen LogP contribution in [0.5, 0.6) is 0 Å². The Morgan fingerprint density at radius 3 is 1.46 bits per heavy atom. The predicted octanol–water partition coefficient (Wildman–Crippen LogP) is 17.6. The fourth-order valence-corrected chi connectivity index (χ4v) is 10.7.